The van der Waals surface area contributed by atoms with Gasteiger partial charge in [-0.2, -0.15) is 0 Å². The Morgan fingerprint density at radius 3 is 2.40 bits per heavy atom. The van der Waals surface area contributed by atoms with Gasteiger partial charge in [-0.15, -0.1) is 24.8 Å². The molecular weight excluding hydrogens is 171 g/mol. The van der Waals surface area contributed by atoms with Crippen LogP contribution < -0.4 is 0 Å². The van der Waals surface area contributed by atoms with Crippen LogP contribution in [0.1, 0.15) is 13.3 Å². The van der Waals surface area contributed by atoms with Gasteiger partial charge in [0, 0.05) is 0 Å². The van der Waals surface area contributed by atoms with Crippen molar-refractivity contribution in [3.63, 3.8) is 0 Å². The number of carbonyl (C=O) groups is 1. The van der Waals surface area contributed by atoms with Crippen molar-refractivity contribution in [1.82, 2.24) is 0 Å². The molecule has 3 heteroatoms. The van der Waals surface area contributed by atoms with Crippen molar-refractivity contribution >= 4 is 31.1 Å². The topological polar surface area (TPSA) is 17.1 Å². The zero-order chi connectivity index (χ0) is 6.24. The maximum Gasteiger partial charge on any atom is 0.131 e. The fourth-order valence-corrected chi connectivity index (χ4v) is 0.243. The van der Waals surface area contributed by atoms with Crippen LogP contribution >= 0.6 is 24.8 Å². The van der Waals surface area contributed by atoms with Crippen molar-refractivity contribution in [2.75, 3.05) is 0 Å². The third-order valence-corrected chi connectivity index (χ3v) is 0.537. The second-order valence-corrected chi connectivity index (χ2v) is 1.19. The molecule has 58 valence electrons. The van der Waals surface area contributed by atoms with E-state index >= 15 is 0 Å². The highest BCUT2D eigenvalue weighted by atomic mass is 35.5. The van der Waals surface area contributed by atoms with Gasteiger partial charge >= 0.3 is 0 Å². The molecule has 10 heavy (non-hydrogen) atoms. The monoisotopic (exact) mass is 180 g/mol. The Labute approximate surface area is 73.7 Å². The van der Waals surface area contributed by atoms with Crippen LogP contribution in [-0.4, -0.2) is 6.29 Å². The molecule has 0 aromatic carbocycles. The molecule has 0 radical (unpaired) electrons. The van der Waals surface area contributed by atoms with Gasteiger partial charge in [-0.25, -0.2) is 0 Å². The second kappa shape index (κ2) is 15.8. The molecule has 0 saturated carbocycles. The van der Waals surface area contributed by atoms with Gasteiger partial charge in [-0.05, 0) is 13.0 Å². The first-order valence-electron chi connectivity index (χ1n) is 2.45. The predicted octanol–water partition coefficient (Wildman–Crippen LogP) is 2.00. The lowest BCUT2D eigenvalue weighted by atomic mass is 10.4. The SMILES string of the molecule is CC=CC#CCC=O.Cl.Cl. The van der Waals surface area contributed by atoms with Crippen LogP contribution in [0.2, 0.25) is 0 Å². The molecule has 1 nitrogen and oxygen atoms in total. The van der Waals surface area contributed by atoms with E-state index in [-0.39, 0.29) is 24.8 Å². The fourth-order valence-electron chi connectivity index (χ4n) is 0.243. The van der Waals surface area contributed by atoms with Gasteiger partial charge in [0.25, 0.3) is 0 Å². The Morgan fingerprint density at radius 1 is 1.40 bits per heavy atom. The number of aldehydes is 1. The highest BCUT2D eigenvalue weighted by molar-refractivity contribution is 5.85. The van der Waals surface area contributed by atoms with Crippen LogP contribution in [0.3, 0.4) is 0 Å². The quantitative estimate of drug-likeness (QED) is 0.446. The Balaban J connectivity index is -0.000000245. The summed E-state index contributed by atoms with van der Waals surface area (Å²) in [6.45, 7) is 1.88. The van der Waals surface area contributed by atoms with E-state index in [0.29, 0.717) is 6.42 Å². The summed E-state index contributed by atoms with van der Waals surface area (Å²) in [6, 6.07) is 0. The maximum absolute atomic E-state index is 9.64. The summed E-state index contributed by atoms with van der Waals surface area (Å²) in [5.41, 5.74) is 0. The minimum Gasteiger partial charge on any atom is -0.302 e. The van der Waals surface area contributed by atoms with Crippen molar-refractivity contribution in [3.8, 4) is 11.8 Å². The van der Waals surface area contributed by atoms with Gasteiger partial charge in [0.1, 0.15) is 6.29 Å². The Hall–Kier alpha value is -0.450. The smallest absolute Gasteiger partial charge is 0.131 e. The van der Waals surface area contributed by atoms with E-state index in [1.54, 1.807) is 6.08 Å². The van der Waals surface area contributed by atoms with Gasteiger partial charge in [0.2, 0.25) is 0 Å². The summed E-state index contributed by atoms with van der Waals surface area (Å²) >= 11 is 0. The van der Waals surface area contributed by atoms with E-state index in [0.717, 1.165) is 6.29 Å². The van der Waals surface area contributed by atoms with Crippen molar-refractivity contribution in [1.29, 1.82) is 0 Å². The predicted molar refractivity (Wildman–Crippen MR) is 47.8 cm³/mol. The molecular formula is C7H10Cl2O. The average Bonchev–Trinajstić information content (AvgIpc) is 1.81. The molecule has 0 saturated heterocycles. The number of hydrogen-bond donors (Lipinski definition) is 0. The first kappa shape index (κ1) is 16.3. The molecule has 0 aliphatic heterocycles. The van der Waals surface area contributed by atoms with E-state index in [2.05, 4.69) is 11.8 Å². The number of halogens is 2. The molecule has 0 aliphatic carbocycles. The summed E-state index contributed by atoms with van der Waals surface area (Å²) in [5.74, 6) is 5.31. The maximum atomic E-state index is 9.64. The molecule has 0 atom stereocenters. The number of carbonyl (C=O) groups excluding carboxylic acids is 1. The molecule has 0 aromatic heterocycles. The summed E-state index contributed by atoms with van der Waals surface area (Å²) in [7, 11) is 0. The third-order valence-electron chi connectivity index (χ3n) is 0.537. The molecule has 0 aromatic rings. The lowest BCUT2D eigenvalue weighted by Gasteiger charge is -1.63. The first-order chi connectivity index (χ1) is 3.91. The van der Waals surface area contributed by atoms with Crippen LogP contribution in [0, 0.1) is 11.8 Å². The Kier molecular flexibility index (Phi) is 25.7. The summed E-state index contributed by atoms with van der Waals surface area (Å²) in [4.78, 5) is 9.64. The molecule has 0 spiro atoms. The van der Waals surface area contributed by atoms with E-state index in [9.17, 15) is 4.79 Å². The molecule has 0 aliphatic rings. The molecule has 0 unspecified atom stereocenters. The zero-order valence-electron chi connectivity index (χ0n) is 5.66. The van der Waals surface area contributed by atoms with Crippen LogP contribution in [0.15, 0.2) is 12.2 Å². The molecule has 0 fully saturated rings. The summed E-state index contributed by atoms with van der Waals surface area (Å²) in [5, 5.41) is 0. The lowest BCUT2D eigenvalue weighted by Crippen LogP contribution is -1.63. The van der Waals surface area contributed by atoms with E-state index in [4.69, 9.17) is 0 Å². The minimum atomic E-state index is 0. The summed E-state index contributed by atoms with van der Waals surface area (Å²) < 4.78 is 0. The van der Waals surface area contributed by atoms with Gasteiger partial charge in [-0.1, -0.05) is 17.9 Å². The normalized spacial score (nSPS) is 6.50. The van der Waals surface area contributed by atoms with Crippen LogP contribution in [-0.2, 0) is 4.79 Å². The third kappa shape index (κ3) is 15.6. The van der Waals surface area contributed by atoms with Crippen LogP contribution in [0.25, 0.3) is 0 Å². The molecule has 0 rings (SSSR count). The summed E-state index contributed by atoms with van der Waals surface area (Å²) in [6.07, 6.45) is 4.67. The Bertz CT molecular complexity index is 141. The molecule has 0 N–H and O–H groups in total. The van der Waals surface area contributed by atoms with Crippen molar-refractivity contribution in [3.05, 3.63) is 12.2 Å². The van der Waals surface area contributed by atoms with E-state index < -0.39 is 0 Å². The second-order valence-electron chi connectivity index (χ2n) is 1.19. The van der Waals surface area contributed by atoms with Gasteiger partial charge < -0.3 is 4.79 Å². The van der Waals surface area contributed by atoms with Crippen molar-refractivity contribution in [2.45, 2.75) is 13.3 Å². The lowest BCUT2D eigenvalue weighted by molar-refractivity contribution is -0.107. The fraction of sp³-hybridized carbons (Fsp3) is 0.286. The average molecular weight is 181 g/mol. The standard InChI is InChI=1S/C7H8O.2ClH/c1-2-3-4-5-6-7-8;;/h2-3,7H,6H2,1H3;2*1H. The molecule has 0 heterocycles. The van der Waals surface area contributed by atoms with E-state index in [1.165, 1.54) is 0 Å². The van der Waals surface area contributed by atoms with Gasteiger partial charge in [0.05, 0.1) is 6.42 Å². The minimum absolute atomic E-state index is 0. The van der Waals surface area contributed by atoms with Crippen LogP contribution in [0.5, 0.6) is 0 Å². The van der Waals surface area contributed by atoms with Crippen molar-refractivity contribution in [2.24, 2.45) is 0 Å². The Morgan fingerprint density at radius 2 is 2.00 bits per heavy atom. The van der Waals surface area contributed by atoms with Gasteiger partial charge in [0.15, 0.2) is 0 Å². The largest absolute Gasteiger partial charge is 0.302 e. The number of rotatable bonds is 1. The van der Waals surface area contributed by atoms with Gasteiger partial charge in [-0.3, -0.25) is 0 Å². The van der Waals surface area contributed by atoms with Crippen molar-refractivity contribution < 1.29 is 4.79 Å². The number of hydrogen-bond acceptors (Lipinski definition) is 1. The van der Waals surface area contributed by atoms with E-state index in [1.807, 2.05) is 13.0 Å². The number of allylic oxidation sites excluding steroid dienone is 2. The first-order valence-corrected chi connectivity index (χ1v) is 2.45. The highest BCUT2D eigenvalue weighted by Crippen LogP contribution is 1.67. The molecule has 0 amide bonds. The van der Waals surface area contributed by atoms with Crippen LogP contribution in [0.4, 0.5) is 0 Å². The molecule has 0 bridgehead atoms. The zero-order valence-corrected chi connectivity index (χ0v) is 7.30. The highest BCUT2D eigenvalue weighted by Gasteiger charge is 1.63.